The Morgan fingerprint density at radius 1 is 0.788 bits per heavy atom. The molecule has 2 aliphatic heterocycles. The Balaban J connectivity index is 0.000000234. The van der Waals surface area contributed by atoms with Gasteiger partial charge in [0.2, 0.25) is 11.8 Å². The van der Waals surface area contributed by atoms with E-state index in [9.17, 15) is 19.2 Å². The van der Waals surface area contributed by atoms with Crippen LogP contribution in [0, 0.1) is 11.8 Å². The molecular formula is C27H40N2O4. The summed E-state index contributed by atoms with van der Waals surface area (Å²) in [5.74, 6) is -0.915. The van der Waals surface area contributed by atoms with Gasteiger partial charge < -0.3 is 10.6 Å². The molecule has 6 heteroatoms. The van der Waals surface area contributed by atoms with E-state index in [4.69, 9.17) is 0 Å². The number of benzene rings is 1. The monoisotopic (exact) mass is 456 g/mol. The van der Waals surface area contributed by atoms with Crippen molar-refractivity contribution in [3.05, 3.63) is 35.9 Å². The third kappa shape index (κ3) is 9.48. The Morgan fingerprint density at radius 2 is 1.36 bits per heavy atom. The van der Waals surface area contributed by atoms with Gasteiger partial charge in [0.25, 0.3) is 0 Å². The van der Waals surface area contributed by atoms with Crippen molar-refractivity contribution in [2.75, 3.05) is 13.1 Å². The number of Topliss-reactive ketones (excluding diaryl/α,β-unsaturated/α-hetero) is 2. The number of hydrogen-bond donors (Lipinski definition) is 2. The lowest BCUT2D eigenvalue weighted by molar-refractivity contribution is -0.134. The standard InChI is InChI=1S/C14H25NO2.C13H15NO2/c1-2-3-4-5-6-10-13(16)12-9-7-8-11-15-14(12)17;15-12(10-6-2-1-3-7-10)11-8-4-5-9-14-13(11)16/h12H,2-11H2,1H3,(H,15,17);1-3,6-7,11H,4-5,8-9H2,(H,14,16). The van der Waals surface area contributed by atoms with Gasteiger partial charge in [-0.2, -0.15) is 0 Å². The molecule has 0 saturated carbocycles. The van der Waals surface area contributed by atoms with Crippen LogP contribution in [-0.2, 0) is 14.4 Å². The van der Waals surface area contributed by atoms with Gasteiger partial charge in [0.05, 0.1) is 5.92 Å². The van der Waals surface area contributed by atoms with Crippen molar-refractivity contribution < 1.29 is 19.2 Å². The van der Waals surface area contributed by atoms with Crippen molar-refractivity contribution in [1.29, 1.82) is 0 Å². The van der Waals surface area contributed by atoms with Gasteiger partial charge in [-0.25, -0.2) is 0 Å². The zero-order chi connectivity index (χ0) is 23.9. The number of rotatable bonds is 9. The predicted octanol–water partition coefficient (Wildman–Crippen LogP) is 4.62. The molecule has 2 unspecified atom stereocenters. The molecule has 3 rings (SSSR count). The lowest BCUT2D eigenvalue weighted by atomic mass is 9.93. The van der Waals surface area contributed by atoms with Crippen LogP contribution in [0.25, 0.3) is 0 Å². The van der Waals surface area contributed by atoms with Gasteiger partial charge in [0.15, 0.2) is 5.78 Å². The van der Waals surface area contributed by atoms with Crippen molar-refractivity contribution in [2.45, 2.75) is 84.0 Å². The molecule has 1 aromatic carbocycles. The van der Waals surface area contributed by atoms with Crippen molar-refractivity contribution in [1.82, 2.24) is 10.6 Å². The molecule has 0 bridgehead atoms. The molecule has 2 amide bonds. The van der Waals surface area contributed by atoms with Gasteiger partial charge in [-0.1, -0.05) is 75.8 Å². The minimum absolute atomic E-state index is 0.0407. The van der Waals surface area contributed by atoms with Crippen LogP contribution in [0.15, 0.2) is 30.3 Å². The second-order valence-electron chi connectivity index (χ2n) is 9.04. The number of unbranched alkanes of at least 4 members (excludes halogenated alkanes) is 4. The van der Waals surface area contributed by atoms with E-state index in [1.165, 1.54) is 19.3 Å². The van der Waals surface area contributed by atoms with E-state index in [1.54, 1.807) is 12.1 Å². The third-order valence-corrected chi connectivity index (χ3v) is 6.36. The molecule has 0 radical (unpaired) electrons. The lowest BCUT2D eigenvalue weighted by Gasteiger charge is -2.11. The molecule has 2 heterocycles. The van der Waals surface area contributed by atoms with Crippen LogP contribution < -0.4 is 10.6 Å². The quantitative estimate of drug-likeness (QED) is 0.322. The molecule has 1 aromatic rings. The fraction of sp³-hybridized carbons (Fsp3) is 0.630. The fourth-order valence-corrected chi connectivity index (χ4v) is 4.32. The van der Waals surface area contributed by atoms with E-state index in [2.05, 4.69) is 17.6 Å². The second-order valence-corrected chi connectivity index (χ2v) is 9.04. The Labute approximate surface area is 198 Å². The molecule has 0 aliphatic carbocycles. The molecule has 6 nitrogen and oxygen atoms in total. The summed E-state index contributed by atoms with van der Waals surface area (Å²) in [4.78, 5) is 47.4. The van der Waals surface area contributed by atoms with Crippen LogP contribution in [0.3, 0.4) is 0 Å². The highest BCUT2D eigenvalue weighted by molar-refractivity contribution is 6.10. The number of carbonyl (C=O) groups excluding carboxylic acids is 4. The van der Waals surface area contributed by atoms with Gasteiger partial charge in [-0.15, -0.1) is 0 Å². The molecule has 2 aliphatic rings. The summed E-state index contributed by atoms with van der Waals surface area (Å²) < 4.78 is 0. The van der Waals surface area contributed by atoms with Crippen LogP contribution in [-0.4, -0.2) is 36.5 Å². The first-order valence-corrected chi connectivity index (χ1v) is 12.7. The van der Waals surface area contributed by atoms with Crippen LogP contribution in [0.1, 0.15) is 94.3 Å². The number of hydrogen-bond acceptors (Lipinski definition) is 4. The average molecular weight is 457 g/mol. The first kappa shape index (κ1) is 26.7. The van der Waals surface area contributed by atoms with E-state index in [0.29, 0.717) is 24.9 Å². The minimum atomic E-state index is -0.495. The zero-order valence-electron chi connectivity index (χ0n) is 20.1. The summed E-state index contributed by atoms with van der Waals surface area (Å²) in [6.07, 6.45) is 11.6. The van der Waals surface area contributed by atoms with E-state index in [-0.39, 0.29) is 29.3 Å². The van der Waals surface area contributed by atoms with Gasteiger partial charge in [0.1, 0.15) is 11.7 Å². The Morgan fingerprint density at radius 3 is 2.00 bits per heavy atom. The average Bonchev–Trinajstić information content (AvgIpc) is 3.19. The molecule has 0 aromatic heterocycles. The zero-order valence-corrected chi connectivity index (χ0v) is 20.1. The molecule has 2 saturated heterocycles. The lowest BCUT2D eigenvalue weighted by Crippen LogP contribution is -2.33. The SMILES string of the molecule is CCCCCCCC(=O)C1CCCCNC1=O.O=C1NCCCCC1C(=O)c1ccccc1. The summed E-state index contributed by atoms with van der Waals surface area (Å²) in [5.41, 5.74) is 0.629. The summed E-state index contributed by atoms with van der Waals surface area (Å²) in [7, 11) is 0. The maximum atomic E-state index is 12.1. The molecule has 2 N–H and O–H groups in total. The Kier molecular flexibility index (Phi) is 12.4. The van der Waals surface area contributed by atoms with Gasteiger partial charge in [0, 0.05) is 25.1 Å². The Hall–Kier alpha value is -2.50. The van der Waals surface area contributed by atoms with Crippen LogP contribution in [0.5, 0.6) is 0 Å². The smallest absolute Gasteiger partial charge is 0.230 e. The molecular weight excluding hydrogens is 416 g/mol. The van der Waals surface area contributed by atoms with E-state index in [1.807, 2.05) is 18.2 Å². The molecule has 33 heavy (non-hydrogen) atoms. The largest absolute Gasteiger partial charge is 0.355 e. The van der Waals surface area contributed by atoms with Gasteiger partial charge in [-0.3, -0.25) is 19.2 Å². The normalized spacial score (nSPS) is 20.9. The topological polar surface area (TPSA) is 92.3 Å². The number of amides is 2. The van der Waals surface area contributed by atoms with E-state index < -0.39 is 5.92 Å². The highest BCUT2D eigenvalue weighted by Crippen LogP contribution is 2.18. The van der Waals surface area contributed by atoms with E-state index in [0.717, 1.165) is 51.5 Å². The number of ketones is 2. The van der Waals surface area contributed by atoms with Crippen molar-refractivity contribution in [3.8, 4) is 0 Å². The van der Waals surface area contributed by atoms with E-state index >= 15 is 0 Å². The minimum Gasteiger partial charge on any atom is -0.355 e. The summed E-state index contributed by atoms with van der Waals surface area (Å²) in [6, 6.07) is 9.04. The highest BCUT2D eigenvalue weighted by Gasteiger charge is 2.28. The summed E-state index contributed by atoms with van der Waals surface area (Å²) in [6.45, 7) is 3.61. The predicted molar refractivity (Wildman–Crippen MR) is 130 cm³/mol. The van der Waals surface area contributed by atoms with Crippen molar-refractivity contribution in [3.63, 3.8) is 0 Å². The maximum Gasteiger partial charge on any atom is 0.230 e. The van der Waals surface area contributed by atoms with Crippen molar-refractivity contribution in [2.24, 2.45) is 11.8 Å². The number of nitrogens with one attached hydrogen (secondary N) is 2. The molecule has 182 valence electrons. The summed E-state index contributed by atoms with van der Waals surface area (Å²) in [5, 5.41) is 5.61. The molecule has 2 fully saturated rings. The van der Waals surface area contributed by atoms with Crippen LogP contribution in [0.2, 0.25) is 0 Å². The van der Waals surface area contributed by atoms with Gasteiger partial charge in [-0.05, 0) is 32.1 Å². The van der Waals surface area contributed by atoms with Crippen LogP contribution >= 0.6 is 0 Å². The maximum absolute atomic E-state index is 12.1. The molecule has 0 spiro atoms. The van der Waals surface area contributed by atoms with Crippen molar-refractivity contribution >= 4 is 23.4 Å². The highest BCUT2D eigenvalue weighted by atomic mass is 16.2. The Bertz CT molecular complexity index is 763. The third-order valence-electron chi connectivity index (χ3n) is 6.36. The fourth-order valence-electron chi connectivity index (χ4n) is 4.32. The second kappa shape index (κ2) is 15.4. The van der Waals surface area contributed by atoms with Crippen LogP contribution in [0.4, 0.5) is 0 Å². The summed E-state index contributed by atoms with van der Waals surface area (Å²) >= 11 is 0. The first-order valence-electron chi connectivity index (χ1n) is 12.7. The number of carbonyl (C=O) groups is 4. The van der Waals surface area contributed by atoms with Gasteiger partial charge >= 0.3 is 0 Å². The molecule has 2 atom stereocenters. The first-order chi connectivity index (χ1) is 16.0.